The summed E-state index contributed by atoms with van der Waals surface area (Å²) in [7, 11) is -2.19. The number of nitrogens with two attached hydrogens (primary N) is 1. The van der Waals surface area contributed by atoms with Gasteiger partial charge in [0.1, 0.15) is 0 Å². The van der Waals surface area contributed by atoms with Crippen molar-refractivity contribution in [2.75, 3.05) is 17.5 Å². The van der Waals surface area contributed by atoms with E-state index < -0.39 is 10.2 Å². The van der Waals surface area contributed by atoms with Crippen molar-refractivity contribution in [2.24, 2.45) is 0 Å². The molecule has 0 aliphatic carbocycles. The second kappa shape index (κ2) is 3.89. The van der Waals surface area contributed by atoms with Gasteiger partial charge in [0, 0.05) is 12.7 Å². The van der Waals surface area contributed by atoms with Crippen LogP contribution in [0.25, 0.3) is 10.2 Å². The molecule has 0 aliphatic rings. The molecule has 4 N–H and O–H groups in total. The minimum atomic E-state index is -3.51. The summed E-state index contributed by atoms with van der Waals surface area (Å²) in [5.74, 6) is 0. The van der Waals surface area contributed by atoms with Crippen LogP contribution in [0, 0.1) is 0 Å². The Morgan fingerprint density at radius 2 is 2.19 bits per heavy atom. The first-order valence-corrected chi connectivity index (χ1v) is 6.67. The van der Waals surface area contributed by atoms with Gasteiger partial charge in [0.05, 0.1) is 10.2 Å². The molecule has 0 radical (unpaired) electrons. The van der Waals surface area contributed by atoms with E-state index in [9.17, 15) is 8.42 Å². The number of nitrogens with one attached hydrogen (secondary N) is 2. The third-order valence-corrected chi connectivity index (χ3v) is 3.97. The van der Waals surface area contributed by atoms with Gasteiger partial charge in [-0.1, -0.05) is 11.3 Å². The first-order chi connectivity index (χ1) is 7.50. The summed E-state index contributed by atoms with van der Waals surface area (Å²) in [6.07, 6.45) is 0. The van der Waals surface area contributed by atoms with Crippen molar-refractivity contribution in [3.63, 3.8) is 0 Å². The van der Waals surface area contributed by atoms with E-state index in [0.29, 0.717) is 16.3 Å². The van der Waals surface area contributed by atoms with Gasteiger partial charge in [-0.2, -0.15) is 8.42 Å². The van der Waals surface area contributed by atoms with Crippen LogP contribution in [-0.2, 0) is 10.2 Å². The Bertz CT molecular complexity index is 620. The SMILES string of the molecule is CNS(=O)(=O)Nc1nc2ccc(N)cc2s1. The van der Waals surface area contributed by atoms with Crippen molar-refractivity contribution in [1.29, 1.82) is 0 Å². The van der Waals surface area contributed by atoms with Gasteiger partial charge in [0.25, 0.3) is 0 Å². The minimum absolute atomic E-state index is 0.315. The molecule has 1 heterocycles. The fourth-order valence-electron chi connectivity index (χ4n) is 1.15. The van der Waals surface area contributed by atoms with Gasteiger partial charge in [0.2, 0.25) is 0 Å². The number of rotatable bonds is 3. The predicted molar refractivity (Wildman–Crippen MR) is 65.6 cm³/mol. The largest absolute Gasteiger partial charge is 0.399 e. The highest BCUT2D eigenvalue weighted by Gasteiger charge is 2.10. The quantitative estimate of drug-likeness (QED) is 0.708. The molecule has 86 valence electrons. The number of anilines is 2. The Morgan fingerprint density at radius 1 is 1.44 bits per heavy atom. The number of aromatic nitrogens is 1. The molecule has 8 heteroatoms. The van der Waals surface area contributed by atoms with E-state index in [1.165, 1.54) is 18.4 Å². The summed E-state index contributed by atoms with van der Waals surface area (Å²) in [5.41, 5.74) is 6.95. The summed E-state index contributed by atoms with van der Waals surface area (Å²) < 4.78 is 27.8. The summed E-state index contributed by atoms with van der Waals surface area (Å²) in [6.45, 7) is 0. The van der Waals surface area contributed by atoms with Crippen LogP contribution in [0.3, 0.4) is 0 Å². The highest BCUT2D eigenvalue weighted by atomic mass is 32.2. The molecular formula is C8H10N4O2S2. The maximum atomic E-state index is 11.2. The van der Waals surface area contributed by atoms with Gasteiger partial charge < -0.3 is 5.73 Å². The topological polar surface area (TPSA) is 97.1 Å². The lowest BCUT2D eigenvalue weighted by Crippen LogP contribution is -2.26. The molecule has 0 atom stereocenters. The molecule has 2 aromatic rings. The third-order valence-electron chi connectivity index (χ3n) is 1.90. The highest BCUT2D eigenvalue weighted by Crippen LogP contribution is 2.27. The number of hydrogen-bond acceptors (Lipinski definition) is 5. The fourth-order valence-corrected chi connectivity index (χ4v) is 2.79. The van der Waals surface area contributed by atoms with E-state index >= 15 is 0 Å². The van der Waals surface area contributed by atoms with Crippen LogP contribution in [0.1, 0.15) is 0 Å². The zero-order valence-corrected chi connectivity index (χ0v) is 10.0. The highest BCUT2D eigenvalue weighted by molar-refractivity contribution is 7.91. The Kier molecular flexibility index (Phi) is 2.70. The summed E-state index contributed by atoms with van der Waals surface area (Å²) in [4.78, 5) is 4.12. The molecule has 2 rings (SSSR count). The molecule has 1 aromatic carbocycles. The number of hydrogen-bond donors (Lipinski definition) is 3. The van der Waals surface area contributed by atoms with Crippen LogP contribution < -0.4 is 15.2 Å². The van der Waals surface area contributed by atoms with E-state index in [2.05, 4.69) is 14.4 Å². The second-order valence-corrected chi connectivity index (χ2v) is 5.71. The van der Waals surface area contributed by atoms with Crippen LogP contribution in [0.4, 0.5) is 10.8 Å². The predicted octanol–water partition coefficient (Wildman–Crippen LogP) is 0.755. The lowest BCUT2D eigenvalue weighted by Gasteiger charge is -2.00. The monoisotopic (exact) mass is 258 g/mol. The van der Waals surface area contributed by atoms with Crippen molar-refractivity contribution >= 4 is 42.6 Å². The van der Waals surface area contributed by atoms with E-state index in [4.69, 9.17) is 5.73 Å². The van der Waals surface area contributed by atoms with Crippen LogP contribution in [0.5, 0.6) is 0 Å². The van der Waals surface area contributed by atoms with Crippen molar-refractivity contribution < 1.29 is 8.42 Å². The number of thiazole rings is 1. The molecule has 0 saturated carbocycles. The molecular weight excluding hydrogens is 248 g/mol. The normalized spacial score (nSPS) is 11.8. The standard InChI is InChI=1S/C8H10N4O2S2/c1-10-16(13,14)12-8-11-6-3-2-5(9)4-7(6)15-8/h2-4,10H,9H2,1H3,(H,11,12). The number of nitrogens with zero attached hydrogens (tertiary/aromatic N) is 1. The molecule has 1 aromatic heterocycles. The Labute approximate surface area is 96.7 Å². The van der Waals surface area contributed by atoms with Gasteiger partial charge in [-0.3, -0.25) is 0 Å². The van der Waals surface area contributed by atoms with Crippen LogP contribution in [0.2, 0.25) is 0 Å². The average molecular weight is 258 g/mol. The van der Waals surface area contributed by atoms with E-state index in [0.717, 1.165) is 4.70 Å². The molecule has 0 aliphatic heterocycles. The van der Waals surface area contributed by atoms with E-state index in [-0.39, 0.29) is 0 Å². The minimum Gasteiger partial charge on any atom is -0.399 e. The van der Waals surface area contributed by atoms with E-state index in [1.807, 2.05) is 0 Å². The van der Waals surface area contributed by atoms with Gasteiger partial charge in [0.15, 0.2) is 5.13 Å². The lowest BCUT2D eigenvalue weighted by molar-refractivity contribution is 0.593. The van der Waals surface area contributed by atoms with Gasteiger partial charge in [-0.25, -0.2) is 14.4 Å². The zero-order valence-electron chi connectivity index (χ0n) is 8.39. The van der Waals surface area contributed by atoms with Crippen molar-refractivity contribution in [3.05, 3.63) is 18.2 Å². The summed E-state index contributed by atoms with van der Waals surface area (Å²) >= 11 is 1.23. The van der Waals surface area contributed by atoms with Gasteiger partial charge in [-0.15, -0.1) is 0 Å². The Hall–Kier alpha value is -1.38. The van der Waals surface area contributed by atoms with E-state index in [1.54, 1.807) is 18.2 Å². The second-order valence-electron chi connectivity index (χ2n) is 3.06. The fraction of sp³-hybridized carbons (Fsp3) is 0.125. The molecule has 0 unspecified atom stereocenters. The molecule has 6 nitrogen and oxygen atoms in total. The molecule has 0 saturated heterocycles. The first kappa shape index (κ1) is 11.1. The molecule has 0 spiro atoms. The van der Waals surface area contributed by atoms with Crippen LogP contribution >= 0.6 is 11.3 Å². The maximum absolute atomic E-state index is 11.2. The zero-order chi connectivity index (χ0) is 11.8. The molecule has 0 fully saturated rings. The number of fused-ring (bicyclic) bond motifs is 1. The summed E-state index contributed by atoms with van der Waals surface area (Å²) in [5, 5.41) is 0.315. The number of benzene rings is 1. The Morgan fingerprint density at radius 3 is 2.88 bits per heavy atom. The molecule has 0 bridgehead atoms. The average Bonchev–Trinajstić information content (AvgIpc) is 2.58. The Balaban J connectivity index is 2.40. The smallest absolute Gasteiger partial charge is 0.300 e. The van der Waals surface area contributed by atoms with Crippen LogP contribution in [-0.4, -0.2) is 20.4 Å². The molecule has 0 amide bonds. The van der Waals surface area contributed by atoms with Gasteiger partial charge >= 0.3 is 10.2 Å². The van der Waals surface area contributed by atoms with Crippen molar-refractivity contribution in [1.82, 2.24) is 9.71 Å². The maximum Gasteiger partial charge on any atom is 0.300 e. The molecule has 16 heavy (non-hydrogen) atoms. The number of nitrogen functional groups attached to an aromatic ring is 1. The van der Waals surface area contributed by atoms with Crippen molar-refractivity contribution in [3.8, 4) is 0 Å². The summed E-state index contributed by atoms with van der Waals surface area (Å²) in [6, 6.07) is 5.22. The lowest BCUT2D eigenvalue weighted by atomic mass is 10.3. The van der Waals surface area contributed by atoms with Crippen molar-refractivity contribution in [2.45, 2.75) is 0 Å². The van der Waals surface area contributed by atoms with Gasteiger partial charge in [-0.05, 0) is 18.2 Å². The third kappa shape index (κ3) is 2.23. The van der Waals surface area contributed by atoms with Crippen LogP contribution in [0.15, 0.2) is 18.2 Å². The first-order valence-electron chi connectivity index (χ1n) is 4.37.